The maximum absolute atomic E-state index is 10.6. The number of nitrogens with one attached hydrogen (secondary N) is 1. The monoisotopic (exact) mass is 275 g/mol. The van der Waals surface area contributed by atoms with Gasteiger partial charge in [-0.25, -0.2) is 4.98 Å². The third-order valence-corrected chi connectivity index (χ3v) is 3.33. The highest BCUT2D eigenvalue weighted by atomic mass is 16.4. The summed E-state index contributed by atoms with van der Waals surface area (Å²) in [5, 5.41) is 11.9. The first-order chi connectivity index (χ1) is 9.63. The standard InChI is InChI=1S/C15H21N3O2/c1-3-4-10-18-14-11(2)6-5-7-12(14)17-15(18)16-9-8-13(19)20/h5-7H,3-4,8-10H2,1-2H3,(H,16,17)(H,19,20). The van der Waals surface area contributed by atoms with E-state index in [2.05, 4.69) is 34.8 Å². The second-order valence-corrected chi connectivity index (χ2v) is 4.95. The number of rotatable bonds is 7. The second kappa shape index (κ2) is 6.41. The lowest BCUT2D eigenvalue weighted by Gasteiger charge is -2.10. The lowest BCUT2D eigenvalue weighted by Crippen LogP contribution is -2.12. The van der Waals surface area contributed by atoms with Gasteiger partial charge in [0, 0.05) is 13.1 Å². The van der Waals surface area contributed by atoms with Crippen molar-refractivity contribution in [1.82, 2.24) is 9.55 Å². The maximum Gasteiger partial charge on any atom is 0.305 e. The van der Waals surface area contributed by atoms with Crippen LogP contribution in [0.1, 0.15) is 31.7 Å². The summed E-state index contributed by atoms with van der Waals surface area (Å²) in [6.07, 6.45) is 2.28. The molecule has 0 aliphatic rings. The van der Waals surface area contributed by atoms with Crippen molar-refractivity contribution >= 4 is 23.0 Å². The van der Waals surface area contributed by atoms with Gasteiger partial charge < -0.3 is 15.0 Å². The van der Waals surface area contributed by atoms with Gasteiger partial charge in [-0.15, -0.1) is 0 Å². The number of aliphatic carboxylic acids is 1. The van der Waals surface area contributed by atoms with E-state index < -0.39 is 5.97 Å². The smallest absolute Gasteiger partial charge is 0.305 e. The van der Waals surface area contributed by atoms with Crippen molar-refractivity contribution in [2.45, 2.75) is 39.7 Å². The Morgan fingerprint density at radius 1 is 1.45 bits per heavy atom. The molecule has 1 aromatic carbocycles. The molecule has 2 rings (SSSR count). The van der Waals surface area contributed by atoms with E-state index in [-0.39, 0.29) is 6.42 Å². The zero-order valence-electron chi connectivity index (χ0n) is 12.0. The molecule has 0 amide bonds. The van der Waals surface area contributed by atoms with Crippen LogP contribution in [0.3, 0.4) is 0 Å². The largest absolute Gasteiger partial charge is 0.481 e. The highest BCUT2D eigenvalue weighted by Gasteiger charge is 2.12. The van der Waals surface area contributed by atoms with Crippen molar-refractivity contribution in [2.75, 3.05) is 11.9 Å². The molecule has 1 aromatic heterocycles. The molecule has 0 fully saturated rings. The number of hydrogen-bond donors (Lipinski definition) is 2. The number of carbonyl (C=O) groups is 1. The Kier molecular flexibility index (Phi) is 4.61. The summed E-state index contributed by atoms with van der Waals surface area (Å²) in [6.45, 7) is 5.52. The van der Waals surface area contributed by atoms with Crippen molar-refractivity contribution < 1.29 is 9.90 Å². The normalized spacial score (nSPS) is 10.9. The molecule has 0 radical (unpaired) electrons. The van der Waals surface area contributed by atoms with Crippen LogP contribution in [0.25, 0.3) is 11.0 Å². The number of imidazole rings is 1. The fraction of sp³-hybridized carbons (Fsp3) is 0.467. The Morgan fingerprint density at radius 3 is 2.95 bits per heavy atom. The van der Waals surface area contributed by atoms with Crippen molar-refractivity contribution in [2.24, 2.45) is 0 Å². The van der Waals surface area contributed by atoms with Gasteiger partial charge in [-0.05, 0) is 25.0 Å². The van der Waals surface area contributed by atoms with E-state index in [4.69, 9.17) is 5.11 Å². The molecule has 0 spiro atoms. The third-order valence-electron chi connectivity index (χ3n) is 3.33. The van der Waals surface area contributed by atoms with Gasteiger partial charge in [0.25, 0.3) is 0 Å². The zero-order valence-corrected chi connectivity index (χ0v) is 12.0. The maximum atomic E-state index is 10.6. The van der Waals surface area contributed by atoms with E-state index in [1.165, 1.54) is 5.56 Å². The Hall–Kier alpha value is -2.04. The van der Waals surface area contributed by atoms with Crippen LogP contribution in [0, 0.1) is 6.92 Å². The molecule has 0 bridgehead atoms. The number of para-hydroxylation sites is 1. The third kappa shape index (κ3) is 3.10. The first-order valence-corrected chi connectivity index (χ1v) is 7.05. The first-order valence-electron chi connectivity index (χ1n) is 7.05. The van der Waals surface area contributed by atoms with Crippen LogP contribution in [-0.2, 0) is 11.3 Å². The molecule has 1 heterocycles. The van der Waals surface area contributed by atoms with Crippen molar-refractivity contribution in [3.05, 3.63) is 23.8 Å². The minimum atomic E-state index is -0.801. The van der Waals surface area contributed by atoms with Crippen LogP contribution >= 0.6 is 0 Å². The number of nitrogens with zero attached hydrogens (tertiary/aromatic N) is 2. The molecule has 0 aliphatic carbocycles. The lowest BCUT2D eigenvalue weighted by molar-refractivity contribution is -0.136. The topological polar surface area (TPSA) is 67.2 Å². The number of aromatic nitrogens is 2. The highest BCUT2D eigenvalue weighted by Crippen LogP contribution is 2.23. The van der Waals surface area contributed by atoms with Crippen molar-refractivity contribution in [1.29, 1.82) is 0 Å². The van der Waals surface area contributed by atoms with Gasteiger partial charge in [0.15, 0.2) is 0 Å². The zero-order chi connectivity index (χ0) is 14.5. The molecular formula is C15H21N3O2. The van der Waals surface area contributed by atoms with Crippen LogP contribution in [-0.4, -0.2) is 27.2 Å². The fourth-order valence-electron chi connectivity index (χ4n) is 2.32. The van der Waals surface area contributed by atoms with Gasteiger partial charge >= 0.3 is 5.97 Å². The molecule has 5 nitrogen and oxygen atoms in total. The van der Waals surface area contributed by atoms with Crippen LogP contribution in [0.15, 0.2) is 18.2 Å². The Labute approximate surface area is 118 Å². The van der Waals surface area contributed by atoms with E-state index in [0.717, 1.165) is 36.4 Å². The molecule has 2 aromatic rings. The van der Waals surface area contributed by atoms with Gasteiger partial charge in [-0.2, -0.15) is 0 Å². The molecule has 0 aliphatic heterocycles. The number of benzene rings is 1. The number of carboxylic acids is 1. The summed E-state index contributed by atoms with van der Waals surface area (Å²) in [6, 6.07) is 6.07. The first kappa shape index (κ1) is 14.4. The molecule has 2 N–H and O–H groups in total. The number of anilines is 1. The predicted molar refractivity (Wildman–Crippen MR) is 80.1 cm³/mol. The summed E-state index contributed by atoms with van der Waals surface area (Å²) < 4.78 is 2.16. The number of carboxylic acid groups (broad SMARTS) is 1. The number of aryl methyl sites for hydroxylation is 2. The van der Waals surface area contributed by atoms with Gasteiger partial charge in [0.1, 0.15) is 0 Å². The minimum absolute atomic E-state index is 0.0932. The van der Waals surface area contributed by atoms with E-state index in [1.54, 1.807) is 0 Å². The molecule has 20 heavy (non-hydrogen) atoms. The number of fused-ring (bicyclic) bond motifs is 1. The van der Waals surface area contributed by atoms with Crippen LogP contribution in [0.4, 0.5) is 5.95 Å². The van der Waals surface area contributed by atoms with Crippen molar-refractivity contribution in [3.8, 4) is 0 Å². The van der Waals surface area contributed by atoms with E-state index in [9.17, 15) is 4.79 Å². The van der Waals surface area contributed by atoms with Gasteiger partial charge in [0.05, 0.1) is 17.5 Å². The highest BCUT2D eigenvalue weighted by molar-refractivity contribution is 5.82. The van der Waals surface area contributed by atoms with E-state index >= 15 is 0 Å². The molecule has 0 atom stereocenters. The van der Waals surface area contributed by atoms with Gasteiger partial charge in [0.2, 0.25) is 5.95 Å². The van der Waals surface area contributed by atoms with Gasteiger partial charge in [-0.3, -0.25) is 4.79 Å². The molecule has 108 valence electrons. The summed E-state index contributed by atoms with van der Waals surface area (Å²) in [4.78, 5) is 15.2. The Balaban J connectivity index is 2.31. The molecule has 0 unspecified atom stereocenters. The van der Waals surface area contributed by atoms with Crippen LogP contribution in [0.5, 0.6) is 0 Å². The average molecular weight is 275 g/mol. The van der Waals surface area contributed by atoms with Crippen LogP contribution in [0.2, 0.25) is 0 Å². The Bertz CT molecular complexity index is 604. The number of unbranched alkanes of at least 4 members (excludes halogenated alkanes) is 1. The van der Waals surface area contributed by atoms with Gasteiger partial charge in [-0.1, -0.05) is 25.5 Å². The molecule has 0 saturated heterocycles. The number of hydrogen-bond acceptors (Lipinski definition) is 3. The van der Waals surface area contributed by atoms with Crippen LogP contribution < -0.4 is 5.32 Å². The van der Waals surface area contributed by atoms with Crippen molar-refractivity contribution in [3.63, 3.8) is 0 Å². The lowest BCUT2D eigenvalue weighted by atomic mass is 10.2. The Morgan fingerprint density at radius 2 is 2.25 bits per heavy atom. The predicted octanol–water partition coefficient (Wildman–Crippen LogP) is 3.03. The molecule has 0 saturated carbocycles. The average Bonchev–Trinajstić information content (AvgIpc) is 2.75. The molecular weight excluding hydrogens is 254 g/mol. The summed E-state index contributed by atoms with van der Waals surface area (Å²) >= 11 is 0. The second-order valence-electron chi connectivity index (χ2n) is 4.95. The van der Waals surface area contributed by atoms with E-state index in [0.29, 0.717) is 6.54 Å². The molecule has 5 heteroatoms. The SMILES string of the molecule is CCCCn1c(NCCC(=O)O)nc2cccc(C)c21. The quantitative estimate of drug-likeness (QED) is 0.815. The fourth-order valence-corrected chi connectivity index (χ4v) is 2.32. The summed E-state index contributed by atoms with van der Waals surface area (Å²) in [5.41, 5.74) is 3.29. The summed E-state index contributed by atoms with van der Waals surface area (Å²) in [5.74, 6) is -0.0334. The van der Waals surface area contributed by atoms with E-state index in [1.807, 2.05) is 12.1 Å². The summed E-state index contributed by atoms with van der Waals surface area (Å²) in [7, 11) is 0. The minimum Gasteiger partial charge on any atom is -0.481 e.